The second-order valence-corrected chi connectivity index (χ2v) is 6.09. The first-order valence-corrected chi connectivity index (χ1v) is 9.04. The number of unbranched alkanes of at least 4 members (excludes halogenated alkanes) is 4. The average Bonchev–Trinajstić information content (AvgIpc) is 3.27. The van der Waals surface area contributed by atoms with E-state index in [1.165, 1.54) is 25.7 Å². The first kappa shape index (κ1) is 19.7. The third-order valence-corrected chi connectivity index (χ3v) is 3.92. The minimum atomic E-state index is -0.965. The van der Waals surface area contributed by atoms with Crippen LogP contribution in [0.1, 0.15) is 71.1 Å². The molecule has 1 fully saturated rings. The minimum absolute atomic E-state index is 0.146. The van der Waals surface area contributed by atoms with Crippen molar-refractivity contribution in [3.63, 3.8) is 0 Å². The molecule has 1 aliphatic rings. The minimum Gasteiger partial charge on any atom is -0.550 e. The van der Waals surface area contributed by atoms with Crippen molar-refractivity contribution in [1.82, 2.24) is 0 Å². The molecule has 0 saturated carbocycles. The maximum atomic E-state index is 10.2. The molecular formula is C20H31O3-. The Morgan fingerprint density at radius 1 is 0.913 bits per heavy atom. The van der Waals surface area contributed by atoms with Crippen molar-refractivity contribution in [2.45, 2.75) is 83.3 Å². The van der Waals surface area contributed by atoms with E-state index in [1.54, 1.807) is 0 Å². The molecule has 0 N–H and O–H groups in total. The lowest BCUT2D eigenvalue weighted by Crippen LogP contribution is -2.21. The van der Waals surface area contributed by atoms with Crippen LogP contribution >= 0.6 is 0 Å². The molecule has 0 unspecified atom stereocenters. The molecule has 1 aliphatic heterocycles. The molecule has 2 atom stereocenters. The van der Waals surface area contributed by atoms with Crippen molar-refractivity contribution in [2.75, 3.05) is 0 Å². The van der Waals surface area contributed by atoms with E-state index in [-0.39, 0.29) is 6.42 Å². The van der Waals surface area contributed by atoms with E-state index in [9.17, 15) is 9.90 Å². The van der Waals surface area contributed by atoms with Crippen LogP contribution in [-0.2, 0) is 9.53 Å². The van der Waals surface area contributed by atoms with E-state index in [0.717, 1.165) is 25.7 Å². The summed E-state index contributed by atoms with van der Waals surface area (Å²) in [6, 6.07) is 0. The molecule has 1 saturated heterocycles. The van der Waals surface area contributed by atoms with Crippen LogP contribution in [0.3, 0.4) is 0 Å². The number of rotatable bonds is 14. The van der Waals surface area contributed by atoms with Crippen molar-refractivity contribution >= 4 is 5.97 Å². The van der Waals surface area contributed by atoms with Gasteiger partial charge >= 0.3 is 0 Å². The van der Waals surface area contributed by atoms with Gasteiger partial charge in [0.1, 0.15) is 0 Å². The highest BCUT2D eigenvalue weighted by molar-refractivity contribution is 5.64. The van der Waals surface area contributed by atoms with E-state index < -0.39 is 5.97 Å². The van der Waals surface area contributed by atoms with Crippen molar-refractivity contribution in [3.05, 3.63) is 36.5 Å². The van der Waals surface area contributed by atoms with Crippen molar-refractivity contribution < 1.29 is 14.6 Å². The molecule has 0 aliphatic carbocycles. The van der Waals surface area contributed by atoms with Gasteiger partial charge in [-0.05, 0) is 51.4 Å². The number of carboxylic acids is 1. The molecule has 1 rings (SSSR count). The molecule has 23 heavy (non-hydrogen) atoms. The largest absolute Gasteiger partial charge is 0.550 e. The summed E-state index contributed by atoms with van der Waals surface area (Å²) in [5.41, 5.74) is 0. The number of hydrogen-bond donors (Lipinski definition) is 0. The molecule has 3 heteroatoms. The summed E-state index contributed by atoms with van der Waals surface area (Å²) in [7, 11) is 0. The molecule has 3 nitrogen and oxygen atoms in total. The summed E-state index contributed by atoms with van der Waals surface area (Å²) in [4.78, 5) is 10.2. The van der Waals surface area contributed by atoms with Gasteiger partial charge in [0.25, 0.3) is 0 Å². The number of epoxide rings is 1. The lowest BCUT2D eigenvalue weighted by molar-refractivity contribution is -0.305. The molecule has 0 bridgehead atoms. The fourth-order valence-corrected chi connectivity index (χ4v) is 2.44. The van der Waals surface area contributed by atoms with Crippen LogP contribution in [0.2, 0.25) is 0 Å². The predicted molar refractivity (Wildman–Crippen MR) is 92.9 cm³/mol. The highest BCUT2D eigenvalue weighted by Gasteiger charge is 2.35. The summed E-state index contributed by atoms with van der Waals surface area (Å²) in [6.07, 6.45) is 23.5. The normalized spacial score (nSPS) is 20.9. The zero-order valence-electron chi connectivity index (χ0n) is 14.4. The standard InChI is InChI=1S/C20H32O3/c1-2-3-4-5-9-12-15-18-19(23-18)16-13-10-7-6-8-11-14-17-20(21)22/h6,8-10,12-13,18-19H,2-5,7,11,14-17H2,1H3,(H,21,22)/p-1/b8-6-,12-9-,13-10-/t18-,19+/m1/s1. The Morgan fingerprint density at radius 2 is 1.52 bits per heavy atom. The van der Waals surface area contributed by atoms with Crippen LogP contribution in [0.4, 0.5) is 0 Å². The van der Waals surface area contributed by atoms with Gasteiger partial charge in [0.2, 0.25) is 0 Å². The third-order valence-electron chi connectivity index (χ3n) is 3.92. The fourth-order valence-electron chi connectivity index (χ4n) is 2.44. The molecule has 130 valence electrons. The molecule has 0 aromatic rings. The zero-order valence-corrected chi connectivity index (χ0v) is 14.4. The second-order valence-electron chi connectivity index (χ2n) is 6.09. The lowest BCUT2D eigenvalue weighted by Gasteiger charge is -1.97. The maximum absolute atomic E-state index is 10.2. The first-order valence-electron chi connectivity index (χ1n) is 9.04. The monoisotopic (exact) mass is 319 g/mol. The Bertz CT molecular complexity index is 396. The summed E-state index contributed by atoms with van der Waals surface area (Å²) >= 11 is 0. The topological polar surface area (TPSA) is 52.7 Å². The summed E-state index contributed by atoms with van der Waals surface area (Å²) in [5.74, 6) is -0.965. The maximum Gasteiger partial charge on any atom is 0.0879 e. The number of carbonyl (C=O) groups excluding carboxylic acids is 1. The van der Waals surface area contributed by atoms with E-state index in [2.05, 4.69) is 37.3 Å². The van der Waals surface area contributed by atoms with Gasteiger partial charge in [0.15, 0.2) is 0 Å². The van der Waals surface area contributed by atoms with Crippen LogP contribution in [0.25, 0.3) is 0 Å². The summed E-state index contributed by atoms with van der Waals surface area (Å²) in [5, 5.41) is 10.2. The van der Waals surface area contributed by atoms with E-state index >= 15 is 0 Å². The smallest absolute Gasteiger partial charge is 0.0879 e. The van der Waals surface area contributed by atoms with E-state index in [0.29, 0.717) is 18.6 Å². The number of carboxylic acid groups (broad SMARTS) is 1. The van der Waals surface area contributed by atoms with Gasteiger partial charge in [-0.15, -0.1) is 0 Å². The molecular weight excluding hydrogens is 288 g/mol. The Kier molecular flexibility index (Phi) is 11.2. The van der Waals surface area contributed by atoms with Crippen LogP contribution in [0.5, 0.6) is 0 Å². The number of ether oxygens (including phenoxy) is 1. The molecule has 0 aromatic carbocycles. The highest BCUT2D eigenvalue weighted by atomic mass is 16.6. The fraction of sp³-hybridized carbons (Fsp3) is 0.650. The average molecular weight is 319 g/mol. The Hall–Kier alpha value is -1.35. The van der Waals surface area contributed by atoms with Crippen LogP contribution in [-0.4, -0.2) is 18.2 Å². The molecule has 1 heterocycles. The predicted octanol–water partition coefficient (Wildman–Crippen LogP) is 4.09. The van der Waals surface area contributed by atoms with Gasteiger partial charge in [0, 0.05) is 5.97 Å². The number of carbonyl (C=O) groups is 1. The zero-order chi connectivity index (χ0) is 16.8. The van der Waals surface area contributed by atoms with Gasteiger partial charge in [-0.25, -0.2) is 0 Å². The van der Waals surface area contributed by atoms with Gasteiger partial charge in [-0.2, -0.15) is 0 Å². The molecule has 0 radical (unpaired) electrons. The van der Waals surface area contributed by atoms with Crippen molar-refractivity contribution in [1.29, 1.82) is 0 Å². The molecule has 0 spiro atoms. The quantitative estimate of drug-likeness (QED) is 0.275. The van der Waals surface area contributed by atoms with Crippen LogP contribution in [0, 0.1) is 0 Å². The van der Waals surface area contributed by atoms with Crippen LogP contribution < -0.4 is 5.11 Å². The highest BCUT2D eigenvalue weighted by Crippen LogP contribution is 2.29. The third kappa shape index (κ3) is 11.8. The van der Waals surface area contributed by atoms with Gasteiger partial charge < -0.3 is 14.6 Å². The van der Waals surface area contributed by atoms with E-state index in [1.807, 2.05) is 6.08 Å². The second kappa shape index (κ2) is 13.1. The van der Waals surface area contributed by atoms with Crippen molar-refractivity contribution in [3.8, 4) is 0 Å². The summed E-state index contributed by atoms with van der Waals surface area (Å²) < 4.78 is 5.64. The SMILES string of the molecule is CCCCC/C=C\C[C@H]1O[C@H]1C/C=C\C/C=C\CCCC(=O)[O-]. The summed E-state index contributed by atoms with van der Waals surface area (Å²) in [6.45, 7) is 2.23. The van der Waals surface area contributed by atoms with Gasteiger partial charge in [0.05, 0.1) is 12.2 Å². The van der Waals surface area contributed by atoms with Gasteiger partial charge in [-0.1, -0.05) is 56.2 Å². The first-order chi connectivity index (χ1) is 11.2. The molecule has 0 aromatic heterocycles. The van der Waals surface area contributed by atoms with Gasteiger partial charge in [-0.3, -0.25) is 0 Å². The Morgan fingerprint density at radius 3 is 2.22 bits per heavy atom. The number of allylic oxidation sites excluding steroid dienone is 4. The lowest BCUT2D eigenvalue weighted by atomic mass is 10.1. The molecule has 0 amide bonds. The van der Waals surface area contributed by atoms with E-state index in [4.69, 9.17) is 4.74 Å². The number of hydrogen-bond acceptors (Lipinski definition) is 3. The van der Waals surface area contributed by atoms with Crippen LogP contribution in [0.15, 0.2) is 36.5 Å². The Labute approximate surface area is 141 Å². The van der Waals surface area contributed by atoms with Crippen molar-refractivity contribution in [2.24, 2.45) is 0 Å². The number of aliphatic carboxylic acids is 1. The Balaban J connectivity index is 1.92.